The largest absolute Gasteiger partial charge is 0.405 e. The van der Waals surface area contributed by atoms with Crippen molar-refractivity contribution >= 4 is 17.6 Å². The van der Waals surface area contributed by atoms with E-state index in [-0.39, 0.29) is 11.3 Å². The number of aromatic nitrogens is 4. The third kappa shape index (κ3) is 5.66. The summed E-state index contributed by atoms with van der Waals surface area (Å²) < 4.78 is 38.1. The molecular formula is C15H18F3N7O2. The number of alkyl halides is 3. The predicted molar refractivity (Wildman–Crippen MR) is 88.9 cm³/mol. The fourth-order valence-electron chi connectivity index (χ4n) is 2.20. The Morgan fingerprint density at radius 2 is 2.00 bits per heavy atom. The van der Waals surface area contributed by atoms with E-state index in [1.54, 1.807) is 26.2 Å². The molecule has 0 aliphatic heterocycles. The van der Waals surface area contributed by atoms with Gasteiger partial charge in [-0.1, -0.05) is 6.07 Å². The Kier molecular flexibility index (Phi) is 5.98. The number of urea groups is 1. The molecule has 1 aromatic carbocycles. The molecule has 12 heteroatoms. The van der Waals surface area contributed by atoms with Crippen molar-refractivity contribution in [2.24, 2.45) is 7.05 Å². The molecule has 0 saturated carbocycles. The van der Waals surface area contributed by atoms with Crippen molar-refractivity contribution in [3.05, 3.63) is 35.2 Å². The quantitative estimate of drug-likeness (QED) is 0.725. The molecule has 0 unspecified atom stereocenters. The first-order valence-electron chi connectivity index (χ1n) is 7.82. The molecule has 2 rings (SSSR count). The van der Waals surface area contributed by atoms with Crippen molar-refractivity contribution < 1.29 is 22.8 Å². The van der Waals surface area contributed by atoms with Crippen molar-refractivity contribution in [1.29, 1.82) is 0 Å². The summed E-state index contributed by atoms with van der Waals surface area (Å²) in [7, 11) is 1.62. The minimum atomic E-state index is -4.51. The van der Waals surface area contributed by atoms with Crippen LogP contribution >= 0.6 is 0 Å². The zero-order chi connectivity index (χ0) is 20.2. The number of aryl methyl sites for hydroxylation is 2. The molecule has 146 valence electrons. The lowest BCUT2D eigenvalue weighted by Gasteiger charge is -2.15. The van der Waals surface area contributed by atoms with Crippen LogP contribution in [0.2, 0.25) is 0 Å². The second-order valence-electron chi connectivity index (χ2n) is 5.81. The number of benzene rings is 1. The molecule has 1 heterocycles. The van der Waals surface area contributed by atoms with Crippen molar-refractivity contribution in [2.75, 3.05) is 11.9 Å². The summed E-state index contributed by atoms with van der Waals surface area (Å²) in [5, 5.41) is 17.9. The minimum Gasteiger partial charge on any atom is -0.343 e. The summed E-state index contributed by atoms with van der Waals surface area (Å²) in [4.78, 5) is 24.0. The lowest BCUT2D eigenvalue weighted by atomic mass is 10.1. The van der Waals surface area contributed by atoms with Crippen LogP contribution in [0.25, 0.3) is 0 Å². The van der Waals surface area contributed by atoms with Crippen LogP contribution in [0.1, 0.15) is 34.7 Å². The zero-order valence-electron chi connectivity index (χ0n) is 14.8. The Labute approximate surface area is 152 Å². The van der Waals surface area contributed by atoms with Gasteiger partial charge in [-0.25, -0.2) is 9.48 Å². The maximum atomic E-state index is 12.2. The van der Waals surface area contributed by atoms with E-state index in [0.29, 0.717) is 11.4 Å². The van der Waals surface area contributed by atoms with Gasteiger partial charge in [0.2, 0.25) is 0 Å². The van der Waals surface area contributed by atoms with Gasteiger partial charge in [0.05, 0.1) is 6.04 Å². The summed E-state index contributed by atoms with van der Waals surface area (Å²) in [5.74, 6) is -0.462. The Balaban J connectivity index is 2.04. The second-order valence-corrected chi connectivity index (χ2v) is 5.81. The summed E-state index contributed by atoms with van der Waals surface area (Å²) >= 11 is 0. The topological polar surface area (TPSA) is 114 Å². The van der Waals surface area contributed by atoms with Crippen LogP contribution in [0.3, 0.4) is 0 Å². The van der Waals surface area contributed by atoms with E-state index in [1.165, 1.54) is 22.9 Å². The lowest BCUT2D eigenvalue weighted by molar-refractivity contribution is -0.123. The number of nitrogens with zero attached hydrogens (tertiary/aromatic N) is 4. The van der Waals surface area contributed by atoms with Crippen LogP contribution in [-0.4, -0.2) is 44.9 Å². The molecule has 3 N–H and O–H groups in total. The maximum absolute atomic E-state index is 12.2. The SMILES string of the molecule is Cc1ccc(C(=O)NCC(F)(F)F)cc1NC(=O)N[C@H](C)c1nnnn1C. The third-order valence-electron chi connectivity index (χ3n) is 3.59. The Bertz CT molecular complexity index is 835. The first-order valence-corrected chi connectivity index (χ1v) is 7.82. The van der Waals surface area contributed by atoms with Crippen LogP contribution < -0.4 is 16.0 Å². The van der Waals surface area contributed by atoms with Gasteiger partial charge < -0.3 is 16.0 Å². The average Bonchev–Trinajstić information content (AvgIpc) is 3.00. The van der Waals surface area contributed by atoms with Gasteiger partial charge in [0.15, 0.2) is 5.82 Å². The van der Waals surface area contributed by atoms with E-state index in [4.69, 9.17) is 0 Å². The molecule has 27 heavy (non-hydrogen) atoms. The van der Waals surface area contributed by atoms with Gasteiger partial charge in [-0.3, -0.25) is 4.79 Å². The molecule has 2 aromatic rings. The standard InChI is InChI=1S/C15H18F3N7O2/c1-8-4-5-10(13(26)19-7-15(16,17)18)6-11(8)21-14(27)20-9(2)12-22-23-24-25(12)3/h4-6,9H,7H2,1-3H3,(H,19,26)(H2,20,21,27)/t9-/m1/s1. The highest BCUT2D eigenvalue weighted by Gasteiger charge is 2.28. The number of anilines is 1. The predicted octanol–water partition coefficient (Wildman–Crippen LogP) is 1.69. The number of carbonyl (C=O) groups excluding carboxylic acids is 2. The minimum absolute atomic E-state index is 0.00861. The first kappa shape index (κ1) is 20.1. The number of rotatable bonds is 5. The van der Waals surface area contributed by atoms with Crippen molar-refractivity contribution in [2.45, 2.75) is 26.1 Å². The van der Waals surface area contributed by atoms with Crippen molar-refractivity contribution in [3.8, 4) is 0 Å². The van der Waals surface area contributed by atoms with Crippen LogP contribution in [0.5, 0.6) is 0 Å². The Hall–Kier alpha value is -3.18. The molecule has 0 fully saturated rings. The number of carbonyl (C=O) groups is 2. The smallest absolute Gasteiger partial charge is 0.343 e. The molecule has 3 amide bonds. The zero-order valence-corrected chi connectivity index (χ0v) is 14.8. The van der Waals surface area contributed by atoms with Gasteiger partial charge in [-0.2, -0.15) is 13.2 Å². The van der Waals surface area contributed by atoms with E-state index < -0.39 is 30.7 Å². The van der Waals surface area contributed by atoms with Gasteiger partial charge in [0.1, 0.15) is 6.54 Å². The van der Waals surface area contributed by atoms with Gasteiger partial charge in [0, 0.05) is 18.3 Å². The number of halogens is 3. The van der Waals surface area contributed by atoms with Gasteiger partial charge >= 0.3 is 12.2 Å². The molecule has 1 atom stereocenters. The maximum Gasteiger partial charge on any atom is 0.405 e. The van der Waals surface area contributed by atoms with Crippen LogP contribution in [0.4, 0.5) is 23.7 Å². The fourth-order valence-corrected chi connectivity index (χ4v) is 2.20. The van der Waals surface area contributed by atoms with Crippen LogP contribution in [0.15, 0.2) is 18.2 Å². The van der Waals surface area contributed by atoms with Gasteiger partial charge in [0.25, 0.3) is 5.91 Å². The van der Waals surface area contributed by atoms with Crippen LogP contribution in [0, 0.1) is 6.92 Å². The van der Waals surface area contributed by atoms with Gasteiger partial charge in [-0.05, 0) is 42.0 Å². The summed E-state index contributed by atoms with van der Waals surface area (Å²) in [6.07, 6.45) is -4.51. The highest BCUT2D eigenvalue weighted by atomic mass is 19.4. The molecule has 0 bridgehead atoms. The van der Waals surface area contributed by atoms with E-state index in [2.05, 4.69) is 26.2 Å². The van der Waals surface area contributed by atoms with Crippen molar-refractivity contribution in [3.63, 3.8) is 0 Å². The molecule has 0 spiro atoms. The molecule has 0 saturated heterocycles. The molecule has 1 aromatic heterocycles. The summed E-state index contributed by atoms with van der Waals surface area (Å²) in [6, 6.07) is 3.12. The third-order valence-corrected chi connectivity index (χ3v) is 3.59. The van der Waals surface area contributed by atoms with E-state index in [0.717, 1.165) is 0 Å². The number of hydrogen-bond acceptors (Lipinski definition) is 5. The number of tetrazole rings is 1. The highest BCUT2D eigenvalue weighted by molar-refractivity contribution is 5.97. The van der Waals surface area contributed by atoms with E-state index >= 15 is 0 Å². The number of amides is 3. The number of nitrogens with one attached hydrogen (secondary N) is 3. The molecule has 0 radical (unpaired) electrons. The molecule has 0 aliphatic rings. The van der Waals surface area contributed by atoms with Crippen molar-refractivity contribution in [1.82, 2.24) is 30.8 Å². The summed E-state index contributed by atoms with van der Waals surface area (Å²) in [5.41, 5.74) is 0.909. The Morgan fingerprint density at radius 1 is 1.30 bits per heavy atom. The Morgan fingerprint density at radius 3 is 2.59 bits per heavy atom. The lowest BCUT2D eigenvalue weighted by Crippen LogP contribution is -2.34. The van der Waals surface area contributed by atoms with Gasteiger partial charge in [-0.15, -0.1) is 5.10 Å². The second kappa shape index (κ2) is 8.01. The molecule has 0 aliphatic carbocycles. The normalized spacial score (nSPS) is 12.4. The highest BCUT2D eigenvalue weighted by Crippen LogP contribution is 2.18. The average molecular weight is 385 g/mol. The number of hydrogen-bond donors (Lipinski definition) is 3. The van der Waals surface area contributed by atoms with E-state index in [1.807, 2.05) is 0 Å². The summed E-state index contributed by atoms with van der Waals surface area (Å²) in [6.45, 7) is 1.92. The fraction of sp³-hybridized carbons (Fsp3) is 0.400. The molecular weight excluding hydrogens is 367 g/mol. The van der Waals surface area contributed by atoms with Crippen LogP contribution in [-0.2, 0) is 7.05 Å². The molecule has 9 nitrogen and oxygen atoms in total. The first-order chi connectivity index (χ1) is 12.6. The van der Waals surface area contributed by atoms with E-state index in [9.17, 15) is 22.8 Å². The monoisotopic (exact) mass is 385 g/mol.